The van der Waals surface area contributed by atoms with Gasteiger partial charge in [0, 0.05) is 19.3 Å². The van der Waals surface area contributed by atoms with Gasteiger partial charge in [-0.05, 0) is 26.2 Å². The molecule has 1 saturated heterocycles. The highest BCUT2D eigenvalue weighted by atomic mass is 16.2. The number of carbonyl (C=O) groups is 2. The van der Waals surface area contributed by atoms with Crippen LogP contribution in [0.1, 0.15) is 35.3 Å². The lowest BCUT2D eigenvalue weighted by atomic mass is 10.00. The summed E-state index contributed by atoms with van der Waals surface area (Å²) in [5, 5.41) is 9.13. The van der Waals surface area contributed by atoms with Crippen LogP contribution >= 0.6 is 0 Å². The average molecular weight is 265 g/mol. The summed E-state index contributed by atoms with van der Waals surface area (Å²) in [6.45, 7) is 2.32. The summed E-state index contributed by atoms with van der Waals surface area (Å²) in [5.74, 6) is -0.173. The molecule has 0 aromatic carbocycles. The van der Waals surface area contributed by atoms with Gasteiger partial charge in [0.05, 0.1) is 0 Å². The molecular weight excluding hydrogens is 246 g/mol. The molecule has 0 saturated carbocycles. The molecule has 0 aliphatic carbocycles. The summed E-state index contributed by atoms with van der Waals surface area (Å²) >= 11 is 0. The molecule has 2 rings (SSSR count). The van der Waals surface area contributed by atoms with Crippen LogP contribution in [0.15, 0.2) is 0 Å². The zero-order chi connectivity index (χ0) is 14.0. The van der Waals surface area contributed by atoms with Crippen molar-refractivity contribution in [3.05, 3.63) is 11.3 Å². The van der Waals surface area contributed by atoms with Crippen LogP contribution in [-0.4, -0.2) is 46.5 Å². The molecule has 1 aliphatic heterocycles. The molecule has 0 bridgehead atoms. The van der Waals surface area contributed by atoms with Crippen LogP contribution in [0.3, 0.4) is 0 Å². The minimum atomic E-state index is -0.417. The van der Waals surface area contributed by atoms with Gasteiger partial charge in [0.15, 0.2) is 5.82 Å². The van der Waals surface area contributed by atoms with E-state index in [4.69, 9.17) is 5.73 Å². The van der Waals surface area contributed by atoms with Crippen LogP contribution in [-0.2, 0) is 4.79 Å². The van der Waals surface area contributed by atoms with Gasteiger partial charge in [-0.15, -0.1) is 0 Å². The second-order valence-electron chi connectivity index (χ2n) is 4.73. The Hall–Kier alpha value is -2.05. The number of nitrogens with one attached hydrogen (secondary N) is 2. The van der Waals surface area contributed by atoms with E-state index in [1.807, 2.05) is 0 Å². The highest BCUT2D eigenvalue weighted by Crippen LogP contribution is 2.23. The van der Waals surface area contributed by atoms with Crippen molar-refractivity contribution in [3.63, 3.8) is 0 Å². The number of amides is 2. The van der Waals surface area contributed by atoms with Crippen molar-refractivity contribution in [3.8, 4) is 0 Å². The third-order valence-corrected chi connectivity index (χ3v) is 3.50. The highest BCUT2D eigenvalue weighted by Gasteiger charge is 2.34. The molecule has 7 nitrogen and oxygen atoms in total. The van der Waals surface area contributed by atoms with E-state index in [-0.39, 0.29) is 17.6 Å². The number of aryl methyl sites for hydroxylation is 1. The quantitative estimate of drug-likeness (QED) is 0.702. The first-order chi connectivity index (χ1) is 9.06. The van der Waals surface area contributed by atoms with E-state index in [0.29, 0.717) is 24.2 Å². The fourth-order valence-corrected chi connectivity index (χ4v) is 2.48. The Morgan fingerprint density at radius 1 is 1.47 bits per heavy atom. The maximum atomic E-state index is 12.5. The van der Waals surface area contributed by atoms with Crippen LogP contribution < -0.4 is 11.1 Å². The third kappa shape index (κ3) is 2.40. The van der Waals surface area contributed by atoms with Crippen molar-refractivity contribution in [1.82, 2.24) is 20.4 Å². The van der Waals surface area contributed by atoms with Gasteiger partial charge in [-0.3, -0.25) is 14.7 Å². The topological polar surface area (TPSA) is 104 Å². The Bertz CT molecular complexity index is 477. The number of aromatic nitrogens is 2. The molecule has 7 heteroatoms. The van der Waals surface area contributed by atoms with Gasteiger partial charge in [0.25, 0.3) is 5.91 Å². The minimum Gasteiger partial charge on any atom is -0.382 e. The zero-order valence-electron chi connectivity index (χ0n) is 11.2. The van der Waals surface area contributed by atoms with E-state index in [2.05, 4.69) is 15.5 Å². The van der Waals surface area contributed by atoms with E-state index in [9.17, 15) is 9.59 Å². The summed E-state index contributed by atoms with van der Waals surface area (Å²) in [7, 11) is 1.58. The Balaban J connectivity index is 2.28. The lowest BCUT2D eigenvalue weighted by molar-refractivity contribution is -0.126. The fourth-order valence-electron chi connectivity index (χ4n) is 2.48. The van der Waals surface area contributed by atoms with Crippen molar-refractivity contribution in [1.29, 1.82) is 0 Å². The first kappa shape index (κ1) is 13.4. The number of carbonyl (C=O) groups excluding carboxylic acids is 2. The Morgan fingerprint density at radius 2 is 2.21 bits per heavy atom. The maximum absolute atomic E-state index is 12.5. The van der Waals surface area contributed by atoms with Gasteiger partial charge < -0.3 is 16.0 Å². The van der Waals surface area contributed by atoms with Gasteiger partial charge in [-0.1, -0.05) is 0 Å². The SMILES string of the molecule is CNC(=O)C1CCCCN1C(=O)c1c(N)n[nH]c1C. The molecule has 1 aromatic heterocycles. The van der Waals surface area contributed by atoms with E-state index >= 15 is 0 Å². The van der Waals surface area contributed by atoms with Crippen molar-refractivity contribution in [2.75, 3.05) is 19.3 Å². The van der Waals surface area contributed by atoms with E-state index in [1.54, 1.807) is 18.9 Å². The molecular formula is C12H19N5O2. The molecule has 1 unspecified atom stereocenters. The van der Waals surface area contributed by atoms with Crippen molar-refractivity contribution < 1.29 is 9.59 Å². The number of hydrogen-bond acceptors (Lipinski definition) is 4. The molecule has 19 heavy (non-hydrogen) atoms. The van der Waals surface area contributed by atoms with E-state index in [1.165, 1.54) is 0 Å². The van der Waals surface area contributed by atoms with Crippen LogP contribution in [0, 0.1) is 6.92 Å². The molecule has 1 aliphatic rings. The molecule has 1 fully saturated rings. The number of piperidine rings is 1. The standard InChI is InChI=1S/C12H19N5O2/c1-7-9(10(13)16-15-7)12(19)17-6-4-3-5-8(17)11(18)14-2/h8H,3-6H2,1-2H3,(H,14,18)(H3,13,15,16). The molecule has 104 valence electrons. The molecule has 1 atom stereocenters. The van der Waals surface area contributed by atoms with E-state index in [0.717, 1.165) is 12.8 Å². The first-order valence-electron chi connectivity index (χ1n) is 6.39. The number of nitrogens with zero attached hydrogens (tertiary/aromatic N) is 2. The fraction of sp³-hybridized carbons (Fsp3) is 0.583. The molecule has 0 spiro atoms. The van der Waals surface area contributed by atoms with Crippen LogP contribution in [0.5, 0.6) is 0 Å². The minimum absolute atomic E-state index is 0.132. The third-order valence-electron chi connectivity index (χ3n) is 3.50. The highest BCUT2D eigenvalue weighted by molar-refractivity contribution is 6.01. The van der Waals surface area contributed by atoms with Crippen molar-refractivity contribution in [2.24, 2.45) is 0 Å². The molecule has 2 heterocycles. The van der Waals surface area contributed by atoms with Crippen LogP contribution in [0.4, 0.5) is 5.82 Å². The number of rotatable bonds is 2. The number of H-pyrrole nitrogens is 1. The number of nitrogen functional groups attached to an aromatic ring is 1. The number of likely N-dealkylation sites (N-methyl/N-ethyl adjacent to an activating group) is 1. The molecule has 0 radical (unpaired) electrons. The lowest BCUT2D eigenvalue weighted by Crippen LogP contribution is -2.51. The molecule has 2 amide bonds. The smallest absolute Gasteiger partial charge is 0.260 e. The van der Waals surface area contributed by atoms with Gasteiger partial charge >= 0.3 is 0 Å². The number of anilines is 1. The summed E-state index contributed by atoms with van der Waals surface area (Å²) in [5.41, 5.74) is 6.71. The molecule has 1 aromatic rings. The predicted molar refractivity (Wildman–Crippen MR) is 70.5 cm³/mol. The summed E-state index contributed by atoms with van der Waals surface area (Å²) in [4.78, 5) is 26.0. The largest absolute Gasteiger partial charge is 0.382 e. The second-order valence-corrected chi connectivity index (χ2v) is 4.73. The summed E-state index contributed by atoms with van der Waals surface area (Å²) < 4.78 is 0. The normalized spacial score (nSPS) is 19.3. The van der Waals surface area contributed by atoms with Gasteiger partial charge in [0.1, 0.15) is 11.6 Å². The average Bonchev–Trinajstić information content (AvgIpc) is 2.76. The van der Waals surface area contributed by atoms with Crippen LogP contribution in [0.2, 0.25) is 0 Å². The lowest BCUT2D eigenvalue weighted by Gasteiger charge is -2.34. The van der Waals surface area contributed by atoms with Crippen LogP contribution in [0.25, 0.3) is 0 Å². The van der Waals surface area contributed by atoms with Crippen molar-refractivity contribution in [2.45, 2.75) is 32.2 Å². The van der Waals surface area contributed by atoms with Gasteiger partial charge in [0.2, 0.25) is 5.91 Å². The van der Waals surface area contributed by atoms with Gasteiger partial charge in [-0.2, -0.15) is 5.10 Å². The van der Waals surface area contributed by atoms with E-state index < -0.39 is 6.04 Å². The maximum Gasteiger partial charge on any atom is 0.260 e. The Morgan fingerprint density at radius 3 is 2.79 bits per heavy atom. The number of aromatic amines is 1. The number of hydrogen-bond donors (Lipinski definition) is 3. The monoisotopic (exact) mass is 265 g/mol. The number of likely N-dealkylation sites (tertiary alicyclic amines) is 1. The second kappa shape index (κ2) is 5.29. The summed E-state index contributed by atoms with van der Waals surface area (Å²) in [6, 6.07) is -0.417. The number of nitrogens with two attached hydrogens (primary N) is 1. The first-order valence-corrected chi connectivity index (χ1v) is 6.39. The van der Waals surface area contributed by atoms with Crippen molar-refractivity contribution >= 4 is 17.6 Å². The Labute approximate surface area is 111 Å². The van der Waals surface area contributed by atoms with Gasteiger partial charge in [-0.25, -0.2) is 0 Å². The Kier molecular flexibility index (Phi) is 3.73. The zero-order valence-corrected chi connectivity index (χ0v) is 11.2. The summed E-state index contributed by atoms with van der Waals surface area (Å²) in [6.07, 6.45) is 2.53. The molecule has 4 N–H and O–H groups in total. The predicted octanol–water partition coefficient (Wildman–Crippen LogP) is 0.0410.